The van der Waals surface area contributed by atoms with E-state index >= 15 is 0 Å². The number of carboxylic acids is 1. The molecule has 0 aliphatic rings. The minimum Gasteiger partial charge on any atom is -0.478 e. The van der Waals surface area contributed by atoms with Gasteiger partial charge in [0.1, 0.15) is 0 Å². The average molecular weight is 270 g/mol. The third kappa shape index (κ3) is 3.36. The first-order valence-corrected chi connectivity index (χ1v) is 6.45. The summed E-state index contributed by atoms with van der Waals surface area (Å²) in [6.45, 7) is 4.27. The highest BCUT2D eigenvalue weighted by atomic mass is 16.4. The lowest BCUT2D eigenvalue weighted by atomic mass is 9.99. The Balaban J connectivity index is 2.02. The molecule has 0 aliphatic heterocycles. The van der Waals surface area contributed by atoms with Crippen molar-refractivity contribution in [3.05, 3.63) is 64.7 Å². The topological polar surface area (TPSA) is 61.4 Å². The monoisotopic (exact) mass is 270 g/mol. The maximum atomic E-state index is 11.1. The molecule has 0 radical (unpaired) electrons. The lowest BCUT2D eigenvalue weighted by Crippen LogP contribution is -2.21. The highest BCUT2D eigenvalue weighted by Gasteiger charge is 2.11. The maximum Gasteiger partial charge on any atom is 0.336 e. The molecule has 0 aliphatic carbocycles. The zero-order valence-corrected chi connectivity index (χ0v) is 11.6. The number of para-hydroxylation sites is 1. The van der Waals surface area contributed by atoms with Crippen LogP contribution in [0.3, 0.4) is 0 Å². The highest BCUT2D eigenvalue weighted by molar-refractivity contribution is 5.91. The first kappa shape index (κ1) is 14.1. The predicted molar refractivity (Wildman–Crippen MR) is 79.8 cm³/mol. The largest absolute Gasteiger partial charge is 0.478 e. The molecule has 0 heterocycles. The summed E-state index contributed by atoms with van der Waals surface area (Å²) in [5.74, 6) is -0.873. The van der Waals surface area contributed by atoms with Crippen molar-refractivity contribution < 1.29 is 9.90 Å². The summed E-state index contributed by atoms with van der Waals surface area (Å²) in [7, 11) is 0. The zero-order chi connectivity index (χ0) is 14.5. The van der Waals surface area contributed by atoms with E-state index in [1.165, 1.54) is 0 Å². The van der Waals surface area contributed by atoms with E-state index in [0.29, 0.717) is 12.1 Å². The number of aromatic carboxylic acids is 1. The van der Waals surface area contributed by atoms with Crippen LogP contribution in [0.15, 0.2) is 42.5 Å². The molecule has 0 spiro atoms. The van der Waals surface area contributed by atoms with Crippen molar-refractivity contribution in [3.63, 3.8) is 0 Å². The minimum absolute atomic E-state index is 0.393. The fraction of sp³-hybridized carbons (Fsp3) is 0.188. The van der Waals surface area contributed by atoms with Crippen molar-refractivity contribution in [3.8, 4) is 0 Å². The van der Waals surface area contributed by atoms with E-state index in [0.717, 1.165) is 22.4 Å². The van der Waals surface area contributed by atoms with Crippen LogP contribution in [0.25, 0.3) is 0 Å². The van der Waals surface area contributed by atoms with Gasteiger partial charge in [0.05, 0.1) is 5.56 Å². The molecule has 0 saturated heterocycles. The van der Waals surface area contributed by atoms with Gasteiger partial charge in [-0.2, -0.15) is 0 Å². The molecule has 2 aromatic rings. The fourth-order valence-corrected chi connectivity index (χ4v) is 2.26. The molecule has 104 valence electrons. The lowest BCUT2D eigenvalue weighted by molar-refractivity contribution is 0.0695. The van der Waals surface area contributed by atoms with E-state index in [1.54, 1.807) is 0 Å². The molecule has 0 aromatic heterocycles. The van der Waals surface area contributed by atoms with Crippen LogP contribution in [-0.4, -0.2) is 11.1 Å². The standard InChI is InChI=1S/C16H18N2O2/c1-11-8-13(9-12(2)15(11)16(19)20)10-17-18-14-6-4-3-5-7-14/h3-9,17-18H,10H2,1-2H3,(H,19,20). The Morgan fingerprint density at radius 1 is 1.10 bits per heavy atom. The first-order chi connectivity index (χ1) is 9.58. The number of carboxylic acid groups (broad SMARTS) is 1. The van der Waals surface area contributed by atoms with Gasteiger partial charge in [0.25, 0.3) is 0 Å². The van der Waals surface area contributed by atoms with Gasteiger partial charge in [0.2, 0.25) is 0 Å². The van der Waals surface area contributed by atoms with E-state index < -0.39 is 5.97 Å². The molecular weight excluding hydrogens is 252 g/mol. The number of carbonyl (C=O) groups is 1. The number of nitrogens with one attached hydrogen (secondary N) is 2. The van der Waals surface area contributed by atoms with Crippen molar-refractivity contribution in [1.82, 2.24) is 5.43 Å². The van der Waals surface area contributed by atoms with Crippen LogP contribution in [0.2, 0.25) is 0 Å². The summed E-state index contributed by atoms with van der Waals surface area (Å²) in [6.07, 6.45) is 0. The summed E-state index contributed by atoms with van der Waals surface area (Å²) >= 11 is 0. The van der Waals surface area contributed by atoms with Gasteiger partial charge >= 0.3 is 5.97 Å². The molecule has 0 atom stereocenters. The number of aryl methyl sites for hydroxylation is 2. The fourth-order valence-electron chi connectivity index (χ4n) is 2.26. The second-order valence-electron chi connectivity index (χ2n) is 4.75. The van der Waals surface area contributed by atoms with Gasteiger partial charge in [-0.1, -0.05) is 30.3 Å². The van der Waals surface area contributed by atoms with E-state index in [-0.39, 0.29) is 0 Å². The van der Waals surface area contributed by atoms with Crippen molar-refractivity contribution >= 4 is 11.7 Å². The van der Waals surface area contributed by atoms with Crippen molar-refractivity contribution in [2.45, 2.75) is 20.4 Å². The minimum atomic E-state index is -0.873. The predicted octanol–water partition coefficient (Wildman–Crippen LogP) is 3.12. The molecule has 0 unspecified atom stereocenters. The number of hydrogen-bond acceptors (Lipinski definition) is 3. The van der Waals surface area contributed by atoms with Crippen LogP contribution in [0.5, 0.6) is 0 Å². The Bertz CT molecular complexity index is 586. The van der Waals surface area contributed by atoms with Crippen LogP contribution < -0.4 is 10.9 Å². The number of hydrazine groups is 1. The quantitative estimate of drug-likeness (QED) is 0.731. The number of rotatable bonds is 5. The molecule has 3 N–H and O–H groups in total. The van der Waals surface area contributed by atoms with Gasteiger partial charge in [-0.15, -0.1) is 0 Å². The molecule has 2 rings (SSSR count). The summed E-state index contributed by atoms with van der Waals surface area (Å²) in [4.78, 5) is 11.1. The molecule has 4 heteroatoms. The Labute approximate surface area is 118 Å². The number of hydrogen-bond donors (Lipinski definition) is 3. The van der Waals surface area contributed by atoms with Crippen LogP contribution in [-0.2, 0) is 6.54 Å². The Morgan fingerprint density at radius 3 is 2.25 bits per heavy atom. The van der Waals surface area contributed by atoms with E-state index in [9.17, 15) is 4.79 Å². The van der Waals surface area contributed by atoms with Gasteiger partial charge in [0.15, 0.2) is 0 Å². The summed E-state index contributed by atoms with van der Waals surface area (Å²) < 4.78 is 0. The Kier molecular flexibility index (Phi) is 4.38. The van der Waals surface area contributed by atoms with E-state index in [2.05, 4.69) is 10.9 Å². The van der Waals surface area contributed by atoms with Gasteiger partial charge in [-0.3, -0.25) is 0 Å². The molecule has 0 bridgehead atoms. The molecule has 0 amide bonds. The van der Waals surface area contributed by atoms with Crippen LogP contribution in [0.4, 0.5) is 5.69 Å². The van der Waals surface area contributed by atoms with Crippen LogP contribution >= 0.6 is 0 Å². The first-order valence-electron chi connectivity index (χ1n) is 6.45. The smallest absolute Gasteiger partial charge is 0.336 e. The molecular formula is C16H18N2O2. The van der Waals surface area contributed by atoms with E-state index in [4.69, 9.17) is 5.11 Å². The second-order valence-corrected chi connectivity index (χ2v) is 4.75. The molecule has 0 fully saturated rings. The molecule has 2 aromatic carbocycles. The highest BCUT2D eigenvalue weighted by Crippen LogP contribution is 2.16. The normalized spacial score (nSPS) is 10.3. The van der Waals surface area contributed by atoms with Gasteiger partial charge in [-0.05, 0) is 42.7 Å². The number of benzene rings is 2. The zero-order valence-electron chi connectivity index (χ0n) is 11.6. The molecule has 4 nitrogen and oxygen atoms in total. The molecule has 0 saturated carbocycles. The SMILES string of the molecule is Cc1cc(CNNc2ccccc2)cc(C)c1C(=O)O. The summed E-state index contributed by atoms with van der Waals surface area (Å²) in [6, 6.07) is 13.6. The third-order valence-electron chi connectivity index (χ3n) is 3.11. The number of anilines is 1. The van der Waals surface area contributed by atoms with Gasteiger partial charge < -0.3 is 10.5 Å². The van der Waals surface area contributed by atoms with Crippen molar-refractivity contribution in [1.29, 1.82) is 0 Å². The summed E-state index contributed by atoms with van der Waals surface area (Å²) in [5, 5.41) is 9.13. The van der Waals surface area contributed by atoms with Crippen LogP contribution in [0, 0.1) is 13.8 Å². The van der Waals surface area contributed by atoms with Crippen LogP contribution in [0.1, 0.15) is 27.0 Å². The van der Waals surface area contributed by atoms with Crippen molar-refractivity contribution in [2.75, 3.05) is 5.43 Å². The van der Waals surface area contributed by atoms with Gasteiger partial charge in [0, 0.05) is 12.2 Å². The maximum absolute atomic E-state index is 11.1. The Hall–Kier alpha value is -2.33. The summed E-state index contributed by atoms with van der Waals surface area (Å²) in [5.41, 5.74) is 10.2. The van der Waals surface area contributed by atoms with E-state index in [1.807, 2.05) is 56.3 Å². The van der Waals surface area contributed by atoms with Crippen molar-refractivity contribution in [2.24, 2.45) is 0 Å². The lowest BCUT2D eigenvalue weighted by Gasteiger charge is -2.11. The third-order valence-corrected chi connectivity index (χ3v) is 3.11. The second kappa shape index (κ2) is 6.21. The Morgan fingerprint density at radius 2 is 1.70 bits per heavy atom. The molecule has 20 heavy (non-hydrogen) atoms. The average Bonchev–Trinajstić information content (AvgIpc) is 2.38. The van der Waals surface area contributed by atoms with Gasteiger partial charge in [-0.25, -0.2) is 10.2 Å².